The average molecular weight is 423 g/mol. The zero-order valence-electron chi connectivity index (χ0n) is 15.7. The lowest BCUT2D eigenvalue weighted by Gasteiger charge is -2.34. The van der Waals surface area contributed by atoms with Crippen molar-refractivity contribution in [2.45, 2.75) is 17.6 Å². The van der Waals surface area contributed by atoms with Crippen molar-refractivity contribution in [1.82, 2.24) is 9.21 Å². The van der Waals surface area contributed by atoms with Crippen LogP contribution in [0.4, 0.5) is 4.39 Å². The summed E-state index contributed by atoms with van der Waals surface area (Å²) in [4.78, 5) is 14.2. The van der Waals surface area contributed by atoms with E-state index in [9.17, 15) is 17.6 Å². The molecule has 1 fully saturated rings. The molecule has 0 N–H and O–H groups in total. The largest absolute Gasteiger partial charge is 0.339 e. The summed E-state index contributed by atoms with van der Waals surface area (Å²) in [7, 11) is -3.66. The number of thioether (sulfide) groups is 1. The molecule has 5 nitrogen and oxygen atoms in total. The highest BCUT2D eigenvalue weighted by Gasteiger charge is 2.30. The van der Waals surface area contributed by atoms with Crippen LogP contribution in [0.5, 0.6) is 0 Å². The number of hydrogen-bond donors (Lipinski definition) is 0. The van der Waals surface area contributed by atoms with Gasteiger partial charge in [0.05, 0.1) is 10.6 Å². The van der Waals surface area contributed by atoms with Crippen LogP contribution >= 0.6 is 11.8 Å². The first-order chi connectivity index (χ1) is 13.4. The summed E-state index contributed by atoms with van der Waals surface area (Å²) >= 11 is 1.57. The molecule has 0 radical (unpaired) electrons. The smallest absolute Gasteiger partial charge is 0.243 e. The summed E-state index contributed by atoms with van der Waals surface area (Å²) in [5.74, 6) is 0.700. The third kappa shape index (κ3) is 4.92. The van der Waals surface area contributed by atoms with Crippen molar-refractivity contribution in [2.75, 3.05) is 31.9 Å². The number of rotatable bonds is 6. The minimum atomic E-state index is -3.66. The van der Waals surface area contributed by atoms with Crippen LogP contribution < -0.4 is 0 Å². The number of sulfonamides is 1. The Morgan fingerprint density at radius 2 is 1.68 bits per heavy atom. The molecule has 0 spiro atoms. The lowest BCUT2D eigenvalue weighted by atomic mass is 10.1. The Kier molecular flexibility index (Phi) is 6.74. The number of carbonyl (C=O) groups is 1. The Balaban J connectivity index is 1.50. The van der Waals surface area contributed by atoms with Gasteiger partial charge in [0.15, 0.2) is 0 Å². The highest BCUT2D eigenvalue weighted by Crippen LogP contribution is 2.20. The van der Waals surface area contributed by atoms with Crippen molar-refractivity contribution in [3.63, 3.8) is 0 Å². The number of aryl methyl sites for hydroxylation is 1. The lowest BCUT2D eigenvalue weighted by molar-refractivity contribution is -0.129. The summed E-state index contributed by atoms with van der Waals surface area (Å²) in [5.41, 5.74) is 2.43. The number of nitrogens with zero attached hydrogens (tertiary/aromatic N) is 2. The van der Waals surface area contributed by atoms with Gasteiger partial charge in [-0.05, 0) is 42.3 Å². The fourth-order valence-electron chi connectivity index (χ4n) is 3.05. The van der Waals surface area contributed by atoms with Gasteiger partial charge in [-0.2, -0.15) is 4.31 Å². The first-order valence-electron chi connectivity index (χ1n) is 9.03. The van der Waals surface area contributed by atoms with Crippen LogP contribution in [0.1, 0.15) is 11.1 Å². The van der Waals surface area contributed by atoms with Crippen LogP contribution in [0.3, 0.4) is 0 Å². The second kappa shape index (κ2) is 9.07. The van der Waals surface area contributed by atoms with E-state index in [1.165, 1.54) is 27.6 Å². The van der Waals surface area contributed by atoms with E-state index in [-0.39, 0.29) is 23.9 Å². The molecule has 8 heteroatoms. The summed E-state index contributed by atoms with van der Waals surface area (Å²) < 4.78 is 39.7. The first kappa shape index (κ1) is 20.8. The minimum Gasteiger partial charge on any atom is -0.339 e. The topological polar surface area (TPSA) is 57.7 Å². The van der Waals surface area contributed by atoms with E-state index < -0.39 is 15.8 Å². The Hall–Kier alpha value is -1.90. The van der Waals surface area contributed by atoms with Crippen molar-refractivity contribution in [3.05, 3.63) is 65.5 Å². The second-order valence-corrected chi connectivity index (χ2v) is 9.58. The summed E-state index contributed by atoms with van der Waals surface area (Å²) in [6.07, 6.45) is 0. The van der Waals surface area contributed by atoms with Crippen LogP contribution in [0.2, 0.25) is 0 Å². The third-order valence-electron chi connectivity index (χ3n) is 4.79. The number of hydrogen-bond acceptors (Lipinski definition) is 4. The minimum absolute atomic E-state index is 0.0254. The van der Waals surface area contributed by atoms with Gasteiger partial charge in [-0.3, -0.25) is 4.79 Å². The molecule has 0 saturated carbocycles. The Morgan fingerprint density at radius 1 is 1.04 bits per heavy atom. The van der Waals surface area contributed by atoms with E-state index in [2.05, 4.69) is 19.1 Å². The van der Waals surface area contributed by atoms with Crippen LogP contribution in [-0.4, -0.2) is 55.5 Å². The Labute approximate surface area is 169 Å². The predicted molar refractivity (Wildman–Crippen MR) is 109 cm³/mol. The highest BCUT2D eigenvalue weighted by atomic mass is 32.2. The average Bonchev–Trinajstić information content (AvgIpc) is 2.70. The summed E-state index contributed by atoms with van der Waals surface area (Å²) in [6, 6.07) is 12.9. The molecule has 0 atom stereocenters. The fraction of sp³-hybridized carbons (Fsp3) is 0.350. The van der Waals surface area contributed by atoms with Gasteiger partial charge in [-0.15, -0.1) is 11.8 Å². The zero-order chi connectivity index (χ0) is 20.1. The zero-order valence-corrected chi connectivity index (χ0v) is 17.3. The molecule has 3 rings (SSSR count). The standard InChI is InChI=1S/C20H23FN2O3S2/c1-16-4-2-3-5-17(16)14-27-15-20(24)22-10-12-23(13-11-22)28(25,26)19-8-6-18(21)7-9-19/h2-9H,10-15H2,1H3. The SMILES string of the molecule is Cc1ccccc1CSCC(=O)N1CCN(S(=O)(=O)c2ccc(F)cc2)CC1. The van der Waals surface area contributed by atoms with Gasteiger partial charge >= 0.3 is 0 Å². The molecular weight excluding hydrogens is 399 g/mol. The van der Waals surface area contributed by atoms with Crippen LogP contribution in [-0.2, 0) is 20.6 Å². The molecular formula is C20H23FN2O3S2. The molecule has 2 aromatic carbocycles. The third-order valence-corrected chi connectivity index (χ3v) is 7.67. The van der Waals surface area contributed by atoms with Crippen molar-refractivity contribution in [2.24, 2.45) is 0 Å². The maximum absolute atomic E-state index is 13.0. The van der Waals surface area contributed by atoms with E-state index >= 15 is 0 Å². The molecule has 1 heterocycles. The van der Waals surface area contributed by atoms with Gasteiger partial charge in [0, 0.05) is 31.9 Å². The van der Waals surface area contributed by atoms with Crippen LogP contribution in [0.25, 0.3) is 0 Å². The van der Waals surface area contributed by atoms with Gasteiger partial charge in [0.25, 0.3) is 0 Å². The Morgan fingerprint density at radius 3 is 2.32 bits per heavy atom. The monoisotopic (exact) mass is 422 g/mol. The van der Waals surface area contributed by atoms with Crippen molar-refractivity contribution >= 4 is 27.7 Å². The van der Waals surface area contributed by atoms with Gasteiger partial charge in [0.2, 0.25) is 15.9 Å². The number of piperazine rings is 1. The molecule has 1 amide bonds. The lowest BCUT2D eigenvalue weighted by Crippen LogP contribution is -2.50. The quantitative estimate of drug-likeness (QED) is 0.718. The molecule has 150 valence electrons. The molecule has 0 unspecified atom stereocenters. The van der Waals surface area contributed by atoms with E-state index in [4.69, 9.17) is 0 Å². The predicted octanol–water partition coefficient (Wildman–Crippen LogP) is 2.90. The van der Waals surface area contributed by atoms with Gasteiger partial charge in [-0.25, -0.2) is 12.8 Å². The number of carbonyl (C=O) groups excluding carboxylic acids is 1. The number of benzene rings is 2. The summed E-state index contributed by atoms with van der Waals surface area (Å²) in [6.45, 7) is 3.27. The van der Waals surface area contributed by atoms with Crippen LogP contribution in [0, 0.1) is 12.7 Å². The van der Waals surface area contributed by atoms with E-state index in [1.54, 1.807) is 16.7 Å². The normalized spacial score (nSPS) is 15.6. The van der Waals surface area contributed by atoms with E-state index in [0.29, 0.717) is 18.8 Å². The molecule has 0 aromatic heterocycles. The van der Waals surface area contributed by atoms with E-state index in [1.807, 2.05) is 12.1 Å². The number of halogens is 1. The van der Waals surface area contributed by atoms with Crippen LogP contribution in [0.15, 0.2) is 53.4 Å². The first-order valence-corrected chi connectivity index (χ1v) is 11.6. The fourth-order valence-corrected chi connectivity index (χ4v) is 5.47. The Bertz CT molecular complexity index is 925. The van der Waals surface area contributed by atoms with Gasteiger partial charge in [0.1, 0.15) is 5.82 Å². The van der Waals surface area contributed by atoms with Gasteiger partial charge in [-0.1, -0.05) is 24.3 Å². The van der Waals surface area contributed by atoms with Crippen molar-refractivity contribution < 1.29 is 17.6 Å². The highest BCUT2D eigenvalue weighted by molar-refractivity contribution is 7.99. The van der Waals surface area contributed by atoms with Crippen molar-refractivity contribution in [1.29, 1.82) is 0 Å². The van der Waals surface area contributed by atoms with E-state index in [0.717, 1.165) is 17.9 Å². The molecule has 28 heavy (non-hydrogen) atoms. The van der Waals surface area contributed by atoms with Crippen molar-refractivity contribution in [3.8, 4) is 0 Å². The maximum atomic E-state index is 13.0. The molecule has 1 saturated heterocycles. The summed E-state index contributed by atoms with van der Waals surface area (Å²) in [5, 5.41) is 0. The van der Waals surface area contributed by atoms with Gasteiger partial charge < -0.3 is 4.90 Å². The maximum Gasteiger partial charge on any atom is 0.243 e. The molecule has 1 aliphatic heterocycles. The molecule has 0 aliphatic carbocycles. The molecule has 0 bridgehead atoms. The second-order valence-electron chi connectivity index (χ2n) is 6.66. The molecule has 2 aromatic rings. The molecule has 1 aliphatic rings. The number of amides is 1.